The molecule has 0 spiro atoms. The van der Waals surface area contributed by atoms with Gasteiger partial charge in [0.25, 0.3) is 0 Å². The summed E-state index contributed by atoms with van der Waals surface area (Å²) in [4.78, 5) is 4.04. The van der Waals surface area contributed by atoms with Crippen LogP contribution in [0.25, 0.3) is 16.6 Å². The first-order valence-electron chi connectivity index (χ1n) is 6.89. The molecule has 4 nitrogen and oxygen atoms in total. The van der Waals surface area contributed by atoms with Gasteiger partial charge in [-0.15, -0.1) is 0 Å². The number of pyridine rings is 1. The number of rotatable bonds is 2. The van der Waals surface area contributed by atoms with E-state index in [0.29, 0.717) is 22.2 Å². The summed E-state index contributed by atoms with van der Waals surface area (Å²) in [5, 5.41) is 14.8. The molecule has 0 fully saturated rings. The third kappa shape index (κ3) is 2.92. The van der Waals surface area contributed by atoms with Crippen LogP contribution in [0.1, 0.15) is 25.0 Å². The quantitative estimate of drug-likeness (QED) is 0.783. The van der Waals surface area contributed by atoms with Gasteiger partial charge in [-0.25, -0.2) is 4.68 Å². The van der Waals surface area contributed by atoms with E-state index in [1.807, 2.05) is 0 Å². The van der Waals surface area contributed by atoms with Crippen molar-refractivity contribution in [3.8, 4) is 5.69 Å². The van der Waals surface area contributed by atoms with Crippen LogP contribution >= 0.6 is 0 Å². The Kier molecular flexibility index (Phi) is 3.40. The Bertz CT molecular complexity index is 863. The number of fused-ring (bicyclic) bond motifs is 1. The summed E-state index contributed by atoms with van der Waals surface area (Å²) in [5.74, 6) is 0. The molecule has 0 unspecified atom stereocenters. The van der Waals surface area contributed by atoms with Crippen LogP contribution in [0, 0.1) is 0 Å². The van der Waals surface area contributed by atoms with Gasteiger partial charge in [0, 0.05) is 17.1 Å². The molecule has 0 bridgehead atoms. The lowest BCUT2D eigenvalue weighted by Gasteiger charge is -2.18. The van der Waals surface area contributed by atoms with Crippen molar-refractivity contribution in [3.05, 3.63) is 54.0 Å². The molecule has 0 atom stereocenters. The number of hydrogen-bond acceptors (Lipinski definition) is 3. The van der Waals surface area contributed by atoms with Crippen LogP contribution in [0.15, 0.2) is 42.9 Å². The van der Waals surface area contributed by atoms with Crippen LogP contribution in [-0.2, 0) is 11.8 Å². The Balaban J connectivity index is 2.17. The lowest BCUT2D eigenvalue weighted by atomic mass is 10.0. The van der Waals surface area contributed by atoms with Crippen molar-refractivity contribution in [2.24, 2.45) is 0 Å². The molecule has 2 heterocycles. The van der Waals surface area contributed by atoms with E-state index < -0.39 is 17.3 Å². The molecule has 2 aromatic heterocycles. The summed E-state index contributed by atoms with van der Waals surface area (Å²) in [6, 6.07) is 5.12. The summed E-state index contributed by atoms with van der Waals surface area (Å²) in [7, 11) is 0. The maximum atomic E-state index is 12.9. The maximum absolute atomic E-state index is 12.9. The second kappa shape index (κ2) is 5.06. The van der Waals surface area contributed by atoms with Gasteiger partial charge < -0.3 is 5.11 Å². The molecule has 0 saturated heterocycles. The molecule has 120 valence electrons. The Labute approximate surface area is 130 Å². The molecule has 0 saturated carbocycles. The molecular formula is C16H14F3N3O. The molecule has 0 aliphatic carbocycles. The van der Waals surface area contributed by atoms with E-state index in [1.54, 1.807) is 19.9 Å². The van der Waals surface area contributed by atoms with E-state index in [1.165, 1.54) is 29.3 Å². The molecule has 0 radical (unpaired) electrons. The lowest BCUT2D eigenvalue weighted by molar-refractivity contribution is -0.137. The second-order valence-corrected chi connectivity index (χ2v) is 5.82. The summed E-state index contributed by atoms with van der Waals surface area (Å²) in [5.41, 5.74) is -0.485. The minimum atomic E-state index is -4.42. The van der Waals surface area contributed by atoms with Crippen molar-refractivity contribution in [2.75, 3.05) is 0 Å². The lowest BCUT2D eigenvalue weighted by Crippen LogP contribution is -2.16. The molecular weight excluding hydrogens is 307 g/mol. The fourth-order valence-electron chi connectivity index (χ4n) is 2.28. The predicted octanol–water partition coefficient (Wildman–Crippen LogP) is 3.67. The van der Waals surface area contributed by atoms with Crippen molar-refractivity contribution in [2.45, 2.75) is 25.6 Å². The fraction of sp³-hybridized carbons (Fsp3) is 0.250. The number of aliphatic hydroxyl groups is 1. The zero-order valence-electron chi connectivity index (χ0n) is 12.5. The zero-order valence-corrected chi connectivity index (χ0v) is 12.5. The van der Waals surface area contributed by atoms with Crippen LogP contribution in [0.3, 0.4) is 0 Å². The van der Waals surface area contributed by atoms with E-state index in [0.717, 1.165) is 12.1 Å². The molecule has 0 aliphatic heterocycles. The number of alkyl halides is 3. The summed E-state index contributed by atoms with van der Waals surface area (Å²) < 4.78 is 40.1. The second-order valence-electron chi connectivity index (χ2n) is 5.82. The van der Waals surface area contributed by atoms with E-state index in [9.17, 15) is 18.3 Å². The number of benzene rings is 1. The van der Waals surface area contributed by atoms with Gasteiger partial charge in [-0.05, 0) is 32.0 Å². The molecule has 1 aromatic carbocycles. The highest BCUT2D eigenvalue weighted by molar-refractivity contribution is 5.81. The SMILES string of the molecule is CC(C)(O)c1cncc(-n2ncc3ccc(C(F)(F)F)cc32)c1. The van der Waals surface area contributed by atoms with Gasteiger partial charge in [-0.2, -0.15) is 18.3 Å². The van der Waals surface area contributed by atoms with Crippen molar-refractivity contribution in [1.29, 1.82) is 0 Å². The topological polar surface area (TPSA) is 50.9 Å². The minimum absolute atomic E-state index is 0.328. The molecule has 3 rings (SSSR count). The highest BCUT2D eigenvalue weighted by Gasteiger charge is 2.31. The highest BCUT2D eigenvalue weighted by atomic mass is 19.4. The summed E-state index contributed by atoms with van der Waals surface area (Å²) in [6.07, 6.45) is 0.0704. The Morgan fingerprint density at radius 1 is 1.00 bits per heavy atom. The number of halogens is 3. The first-order valence-corrected chi connectivity index (χ1v) is 6.89. The predicted molar refractivity (Wildman–Crippen MR) is 79.1 cm³/mol. The van der Waals surface area contributed by atoms with Crippen LogP contribution in [0.2, 0.25) is 0 Å². The minimum Gasteiger partial charge on any atom is -0.386 e. The van der Waals surface area contributed by atoms with Gasteiger partial charge in [-0.1, -0.05) is 6.07 Å². The zero-order chi connectivity index (χ0) is 16.8. The third-order valence-corrected chi connectivity index (χ3v) is 3.57. The standard InChI is InChI=1S/C16H14F3N3O/c1-15(2,23)12-5-13(9-20-8-12)22-14-6-11(16(17,18)19)4-3-10(14)7-21-22/h3-9,23H,1-2H3. The molecule has 0 amide bonds. The van der Waals surface area contributed by atoms with E-state index in [2.05, 4.69) is 10.1 Å². The van der Waals surface area contributed by atoms with Gasteiger partial charge in [0.05, 0.1) is 34.8 Å². The highest BCUT2D eigenvalue weighted by Crippen LogP contribution is 2.32. The largest absolute Gasteiger partial charge is 0.416 e. The first kappa shape index (κ1) is 15.5. The number of nitrogens with zero attached hydrogens (tertiary/aromatic N) is 3. The van der Waals surface area contributed by atoms with Gasteiger partial charge in [0.2, 0.25) is 0 Å². The van der Waals surface area contributed by atoms with Gasteiger partial charge in [-0.3, -0.25) is 4.98 Å². The van der Waals surface area contributed by atoms with E-state index in [4.69, 9.17) is 0 Å². The van der Waals surface area contributed by atoms with Crippen LogP contribution in [0.4, 0.5) is 13.2 Å². The molecule has 23 heavy (non-hydrogen) atoms. The van der Waals surface area contributed by atoms with Crippen LogP contribution in [0.5, 0.6) is 0 Å². The van der Waals surface area contributed by atoms with Crippen LogP contribution in [-0.4, -0.2) is 19.9 Å². The molecule has 3 aromatic rings. The summed E-state index contributed by atoms with van der Waals surface area (Å²) >= 11 is 0. The molecule has 7 heteroatoms. The number of hydrogen-bond donors (Lipinski definition) is 1. The van der Waals surface area contributed by atoms with Crippen molar-refractivity contribution in [1.82, 2.24) is 14.8 Å². The summed E-state index contributed by atoms with van der Waals surface area (Å²) in [6.45, 7) is 3.22. The van der Waals surface area contributed by atoms with Crippen LogP contribution < -0.4 is 0 Å². The van der Waals surface area contributed by atoms with E-state index >= 15 is 0 Å². The fourth-order valence-corrected chi connectivity index (χ4v) is 2.28. The van der Waals surface area contributed by atoms with Gasteiger partial charge in [0.15, 0.2) is 0 Å². The maximum Gasteiger partial charge on any atom is 0.416 e. The molecule has 1 N–H and O–H groups in total. The first-order chi connectivity index (χ1) is 10.7. The van der Waals surface area contributed by atoms with Gasteiger partial charge >= 0.3 is 6.18 Å². The van der Waals surface area contributed by atoms with Crippen molar-refractivity contribution >= 4 is 10.9 Å². The average Bonchev–Trinajstić information content (AvgIpc) is 2.88. The van der Waals surface area contributed by atoms with Gasteiger partial charge in [0.1, 0.15) is 0 Å². The molecule has 0 aliphatic rings. The average molecular weight is 321 g/mol. The Morgan fingerprint density at radius 2 is 1.74 bits per heavy atom. The monoisotopic (exact) mass is 321 g/mol. The van der Waals surface area contributed by atoms with Crippen molar-refractivity contribution < 1.29 is 18.3 Å². The Hall–Kier alpha value is -2.41. The Morgan fingerprint density at radius 3 is 2.39 bits per heavy atom. The van der Waals surface area contributed by atoms with Crippen molar-refractivity contribution in [3.63, 3.8) is 0 Å². The van der Waals surface area contributed by atoms with E-state index in [-0.39, 0.29) is 0 Å². The smallest absolute Gasteiger partial charge is 0.386 e. The third-order valence-electron chi connectivity index (χ3n) is 3.57. The number of aromatic nitrogens is 3. The normalized spacial score (nSPS) is 12.8.